The highest BCUT2D eigenvalue weighted by Gasteiger charge is 2.27. The summed E-state index contributed by atoms with van der Waals surface area (Å²) in [7, 11) is 0. The maximum Gasteiger partial charge on any atom is 0.156 e. The number of nitrogens with zero attached hydrogens (tertiary/aromatic N) is 2. The van der Waals surface area contributed by atoms with Crippen LogP contribution in [0.15, 0.2) is 41.8 Å². The van der Waals surface area contributed by atoms with Gasteiger partial charge in [-0.05, 0) is 43.0 Å². The van der Waals surface area contributed by atoms with E-state index in [0.717, 1.165) is 5.69 Å². The van der Waals surface area contributed by atoms with Crippen LogP contribution < -0.4 is 5.32 Å². The van der Waals surface area contributed by atoms with E-state index < -0.39 is 0 Å². The summed E-state index contributed by atoms with van der Waals surface area (Å²) in [5, 5.41) is 10.5. The monoisotopic (exact) mass is 281 g/mol. The largest absolute Gasteiger partial charge is 0.359 e. The van der Waals surface area contributed by atoms with Gasteiger partial charge in [0.2, 0.25) is 0 Å². The number of aromatic nitrogens is 2. The highest BCUT2D eigenvalue weighted by Crippen LogP contribution is 2.40. The van der Waals surface area contributed by atoms with Crippen LogP contribution in [-0.2, 0) is 0 Å². The summed E-state index contributed by atoms with van der Waals surface area (Å²) in [6, 6.07) is 12.8. The van der Waals surface area contributed by atoms with Gasteiger partial charge < -0.3 is 5.32 Å². The van der Waals surface area contributed by atoms with Gasteiger partial charge in [-0.15, -0.1) is 11.3 Å². The van der Waals surface area contributed by atoms with Gasteiger partial charge in [-0.2, -0.15) is 5.10 Å². The molecule has 4 rings (SSSR count). The molecule has 0 saturated heterocycles. The molecule has 1 unspecified atom stereocenters. The van der Waals surface area contributed by atoms with Crippen LogP contribution in [0.25, 0.3) is 11.3 Å². The molecular formula is C16H15N3S. The van der Waals surface area contributed by atoms with E-state index in [0.29, 0.717) is 0 Å². The Morgan fingerprint density at radius 2 is 2.05 bits per heavy atom. The average Bonchev–Trinajstić information content (AvgIpc) is 3.03. The van der Waals surface area contributed by atoms with Crippen molar-refractivity contribution >= 4 is 17.0 Å². The lowest BCUT2D eigenvalue weighted by Gasteiger charge is -2.28. The van der Waals surface area contributed by atoms with Crippen LogP contribution in [0, 0.1) is 13.8 Å². The van der Waals surface area contributed by atoms with Crippen LogP contribution in [-0.4, -0.2) is 9.78 Å². The molecular weight excluding hydrogens is 266 g/mol. The third kappa shape index (κ3) is 1.61. The Hall–Kier alpha value is -2.07. The quantitative estimate of drug-likeness (QED) is 0.724. The highest BCUT2D eigenvalue weighted by atomic mass is 32.1. The molecule has 1 atom stereocenters. The van der Waals surface area contributed by atoms with E-state index in [-0.39, 0.29) is 6.17 Å². The van der Waals surface area contributed by atoms with E-state index in [2.05, 4.69) is 63.8 Å². The van der Waals surface area contributed by atoms with Gasteiger partial charge in [0.25, 0.3) is 0 Å². The normalized spacial score (nSPS) is 16.4. The molecule has 3 aromatic rings. The van der Waals surface area contributed by atoms with Crippen LogP contribution in [0.4, 0.5) is 5.69 Å². The number of thiophene rings is 1. The van der Waals surface area contributed by atoms with Crippen LogP contribution in [0.2, 0.25) is 0 Å². The van der Waals surface area contributed by atoms with Gasteiger partial charge in [-0.25, -0.2) is 4.68 Å². The number of anilines is 1. The molecule has 2 aromatic heterocycles. The molecule has 0 aliphatic carbocycles. The molecule has 1 N–H and O–H groups in total. The second kappa shape index (κ2) is 4.21. The van der Waals surface area contributed by atoms with Crippen molar-refractivity contribution in [3.05, 3.63) is 57.9 Å². The predicted octanol–water partition coefficient (Wildman–Crippen LogP) is 4.20. The zero-order chi connectivity index (χ0) is 13.7. The molecule has 4 heteroatoms. The summed E-state index contributed by atoms with van der Waals surface area (Å²) < 4.78 is 2.11. The summed E-state index contributed by atoms with van der Waals surface area (Å²) in [6.45, 7) is 4.20. The van der Waals surface area contributed by atoms with Crippen molar-refractivity contribution in [2.75, 3.05) is 5.32 Å². The molecule has 0 bridgehead atoms. The second-order valence-corrected chi connectivity index (χ2v) is 6.12. The van der Waals surface area contributed by atoms with Crippen LogP contribution in [0.3, 0.4) is 0 Å². The van der Waals surface area contributed by atoms with Crippen LogP contribution in [0.1, 0.15) is 22.3 Å². The zero-order valence-corrected chi connectivity index (χ0v) is 12.2. The lowest BCUT2D eigenvalue weighted by atomic mass is 10.1. The van der Waals surface area contributed by atoms with E-state index >= 15 is 0 Å². The van der Waals surface area contributed by atoms with Crippen molar-refractivity contribution < 1.29 is 0 Å². The Morgan fingerprint density at radius 1 is 1.20 bits per heavy atom. The Morgan fingerprint density at radius 3 is 2.85 bits per heavy atom. The van der Waals surface area contributed by atoms with Crippen molar-refractivity contribution in [1.29, 1.82) is 0 Å². The average molecular weight is 281 g/mol. The molecule has 1 aliphatic rings. The van der Waals surface area contributed by atoms with Gasteiger partial charge in [0.1, 0.15) is 0 Å². The van der Waals surface area contributed by atoms with Gasteiger partial charge in [0.15, 0.2) is 6.17 Å². The fraction of sp³-hybridized carbons (Fsp3) is 0.188. The van der Waals surface area contributed by atoms with Gasteiger partial charge in [-0.1, -0.05) is 18.2 Å². The summed E-state index contributed by atoms with van der Waals surface area (Å²) in [4.78, 5) is 1.32. The maximum absolute atomic E-state index is 4.69. The van der Waals surface area contributed by atoms with Crippen LogP contribution >= 0.6 is 11.3 Å². The molecule has 3 nitrogen and oxygen atoms in total. The second-order valence-electron chi connectivity index (χ2n) is 5.18. The van der Waals surface area contributed by atoms with E-state index in [1.165, 1.54) is 27.4 Å². The SMILES string of the molecule is Cc1cc2n(n1)C(c1sccc1C)Nc1ccccc1-2. The minimum atomic E-state index is 0.0913. The first-order chi connectivity index (χ1) is 9.74. The molecule has 20 heavy (non-hydrogen) atoms. The molecule has 1 aliphatic heterocycles. The number of nitrogens with one attached hydrogen (secondary N) is 1. The van der Waals surface area contributed by atoms with E-state index in [1.54, 1.807) is 11.3 Å². The van der Waals surface area contributed by atoms with Crippen molar-refractivity contribution in [2.45, 2.75) is 20.0 Å². The van der Waals surface area contributed by atoms with E-state index in [4.69, 9.17) is 0 Å². The number of para-hydroxylation sites is 1. The van der Waals surface area contributed by atoms with Gasteiger partial charge in [0, 0.05) is 11.3 Å². The minimum absolute atomic E-state index is 0.0913. The topological polar surface area (TPSA) is 29.9 Å². The Balaban J connectivity index is 1.95. The summed E-state index contributed by atoms with van der Waals surface area (Å²) in [5.41, 5.74) is 5.95. The Labute approximate surface area is 121 Å². The molecule has 100 valence electrons. The molecule has 0 fully saturated rings. The predicted molar refractivity (Wildman–Crippen MR) is 83.2 cm³/mol. The first kappa shape index (κ1) is 11.7. The van der Waals surface area contributed by atoms with Gasteiger partial charge in [-0.3, -0.25) is 0 Å². The molecule has 0 saturated carbocycles. The zero-order valence-electron chi connectivity index (χ0n) is 11.4. The first-order valence-electron chi connectivity index (χ1n) is 6.70. The van der Waals surface area contributed by atoms with Crippen molar-refractivity contribution in [3.63, 3.8) is 0 Å². The third-order valence-corrected chi connectivity index (χ3v) is 4.82. The van der Waals surface area contributed by atoms with Gasteiger partial charge in [0.05, 0.1) is 16.3 Å². The van der Waals surface area contributed by atoms with Crippen LogP contribution in [0.5, 0.6) is 0 Å². The lowest BCUT2D eigenvalue weighted by molar-refractivity contribution is 0.577. The molecule has 0 spiro atoms. The Bertz CT molecular complexity index is 785. The fourth-order valence-electron chi connectivity index (χ4n) is 2.80. The summed E-state index contributed by atoms with van der Waals surface area (Å²) >= 11 is 1.78. The fourth-order valence-corrected chi connectivity index (χ4v) is 3.76. The molecule has 0 radical (unpaired) electrons. The first-order valence-corrected chi connectivity index (χ1v) is 7.58. The standard InChI is InChI=1S/C16H15N3S/c1-10-7-8-20-15(10)16-17-13-6-4-3-5-12(13)14-9-11(2)18-19(14)16/h3-9,16-17H,1-2H3. The number of aryl methyl sites for hydroxylation is 2. The lowest BCUT2D eigenvalue weighted by Crippen LogP contribution is -2.25. The van der Waals surface area contributed by atoms with E-state index in [1.807, 2.05) is 6.92 Å². The molecule has 0 amide bonds. The molecule has 1 aromatic carbocycles. The smallest absolute Gasteiger partial charge is 0.156 e. The van der Waals surface area contributed by atoms with Crippen molar-refractivity contribution in [3.8, 4) is 11.3 Å². The summed E-state index contributed by atoms with van der Waals surface area (Å²) in [6.07, 6.45) is 0.0913. The molecule has 3 heterocycles. The number of fused-ring (bicyclic) bond motifs is 3. The van der Waals surface area contributed by atoms with Crippen molar-refractivity contribution in [1.82, 2.24) is 9.78 Å². The maximum atomic E-state index is 4.69. The number of benzene rings is 1. The highest BCUT2D eigenvalue weighted by molar-refractivity contribution is 7.10. The number of hydrogen-bond donors (Lipinski definition) is 1. The Kier molecular flexibility index (Phi) is 2.47. The number of rotatable bonds is 1. The third-order valence-electron chi connectivity index (χ3n) is 3.75. The van der Waals surface area contributed by atoms with Gasteiger partial charge >= 0.3 is 0 Å². The number of hydrogen-bond acceptors (Lipinski definition) is 3. The van der Waals surface area contributed by atoms with Crippen molar-refractivity contribution in [2.24, 2.45) is 0 Å². The summed E-state index contributed by atoms with van der Waals surface area (Å²) in [5.74, 6) is 0. The minimum Gasteiger partial charge on any atom is -0.359 e. The van der Waals surface area contributed by atoms with E-state index in [9.17, 15) is 0 Å².